The van der Waals surface area contributed by atoms with E-state index in [4.69, 9.17) is 5.73 Å². The average Bonchev–Trinajstić information content (AvgIpc) is 3.39. The third kappa shape index (κ3) is 7.43. The van der Waals surface area contributed by atoms with Crippen LogP contribution in [0.25, 0.3) is 0 Å². The lowest BCUT2D eigenvalue weighted by molar-refractivity contribution is -0.145. The second-order valence-electron chi connectivity index (χ2n) is 9.18. The third-order valence-electron chi connectivity index (χ3n) is 6.36. The number of rotatable bonds is 11. The first-order chi connectivity index (χ1) is 18.1. The van der Waals surface area contributed by atoms with Crippen molar-refractivity contribution in [3.05, 3.63) is 59.7 Å². The summed E-state index contributed by atoms with van der Waals surface area (Å²) in [6, 6.07) is 7.43. The molecule has 0 aliphatic carbocycles. The highest BCUT2D eigenvalue weighted by Crippen LogP contribution is 2.20. The number of aliphatic carboxylic acids is 1. The van der Waals surface area contributed by atoms with Crippen molar-refractivity contribution < 1.29 is 39.6 Å². The third-order valence-corrected chi connectivity index (χ3v) is 6.36. The molecule has 4 atom stereocenters. The first-order valence-electron chi connectivity index (χ1n) is 12.1. The van der Waals surface area contributed by atoms with Crippen molar-refractivity contribution in [2.75, 3.05) is 13.2 Å². The van der Waals surface area contributed by atoms with E-state index in [1.165, 1.54) is 29.2 Å². The van der Waals surface area contributed by atoms with E-state index in [1.807, 2.05) is 0 Å². The molecule has 38 heavy (non-hydrogen) atoms. The average molecular weight is 529 g/mol. The molecule has 1 aliphatic rings. The predicted molar refractivity (Wildman–Crippen MR) is 135 cm³/mol. The maximum Gasteiger partial charge on any atom is 0.326 e. The molecule has 204 valence electrons. The molecule has 0 radical (unpaired) electrons. The molecular formula is C26H32N4O8. The topological polar surface area (TPSA) is 203 Å². The van der Waals surface area contributed by atoms with Crippen LogP contribution < -0.4 is 16.4 Å². The first-order valence-corrected chi connectivity index (χ1v) is 12.1. The quantitative estimate of drug-likeness (QED) is 0.196. The summed E-state index contributed by atoms with van der Waals surface area (Å²) < 4.78 is 0. The van der Waals surface area contributed by atoms with E-state index < -0.39 is 54.5 Å². The van der Waals surface area contributed by atoms with E-state index in [0.29, 0.717) is 17.5 Å². The summed E-state index contributed by atoms with van der Waals surface area (Å²) in [5.41, 5.74) is 7.23. The number of benzene rings is 2. The Kier molecular flexibility index (Phi) is 9.63. The molecule has 8 N–H and O–H groups in total. The predicted octanol–water partition coefficient (Wildman–Crippen LogP) is -0.752. The Bertz CT molecular complexity index is 1140. The Labute approximate surface area is 219 Å². The number of phenols is 2. The second kappa shape index (κ2) is 12.9. The number of phenolic OH excluding ortho intramolecular Hbond substituents is 2. The molecule has 12 heteroatoms. The van der Waals surface area contributed by atoms with Gasteiger partial charge in [0.15, 0.2) is 0 Å². The summed E-state index contributed by atoms with van der Waals surface area (Å²) in [4.78, 5) is 51.7. The fourth-order valence-electron chi connectivity index (χ4n) is 4.28. The Balaban J connectivity index is 1.61. The minimum Gasteiger partial charge on any atom is -0.508 e. The summed E-state index contributed by atoms with van der Waals surface area (Å²) in [5.74, 6) is -3.18. The van der Waals surface area contributed by atoms with Gasteiger partial charge in [-0.3, -0.25) is 14.4 Å². The molecule has 0 aromatic heterocycles. The SMILES string of the molecule is NC(Cc1ccc(O)cc1)C(=O)NC(CO)C(=O)N1CCCC1C(=O)NC(Cc1ccc(O)cc1)C(=O)O. The summed E-state index contributed by atoms with van der Waals surface area (Å²) >= 11 is 0. The number of nitrogens with one attached hydrogen (secondary N) is 2. The van der Waals surface area contributed by atoms with Gasteiger partial charge in [-0.15, -0.1) is 0 Å². The largest absolute Gasteiger partial charge is 0.508 e. The van der Waals surface area contributed by atoms with Gasteiger partial charge >= 0.3 is 5.97 Å². The van der Waals surface area contributed by atoms with Crippen LogP contribution in [0.2, 0.25) is 0 Å². The number of carbonyl (C=O) groups excluding carboxylic acids is 3. The van der Waals surface area contributed by atoms with Crippen LogP contribution in [0, 0.1) is 0 Å². The van der Waals surface area contributed by atoms with E-state index in [2.05, 4.69) is 10.6 Å². The van der Waals surface area contributed by atoms with Crippen LogP contribution in [-0.4, -0.2) is 86.3 Å². The minimum absolute atomic E-state index is 0.0246. The molecule has 3 rings (SSSR count). The molecule has 2 aromatic carbocycles. The molecule has 12 nitrogen and oxygen atoms in total. The number of carboxylic acid groups (broad SMARTS) is 1. The lowest BCUT2D eigenvalue weighted by atomic mass is 10.0. The number of amides is 3. The number of hydrogen-bond donors (Lipinski definition) is 7. The zero-order valence-electron chi connectivity index (χ0n) is 20.6. The highest BCUT2D eigenvalue weighted by atomic mass is 16.4. The van der Waals surface area contributed by atoms with Gasteiger partial charge in [0.2, 0.25) is 17.7 Å². The van der Waals surface area contributed by atoms with E-state index >= 15 is 0 Å². The number of aliphatic hydroxyl groups excluding tert-OH is 1. The molecule has 1 fully saturated rings. The summed E-state index contributed by atoms with van der Waals surface area (Å²) in [7, 11) is 0. The van der Waals surface area contributed by atoms with E-state index in [9.17, 15) is 39.6 Å². The van der Waals surface area contributed by atoms with Gasteiger partial charge in [0, 0.05) is 13.0 Å². The van der Waals surface area contributed by atoms with Gasteiger partial charge in [-0.1, -0.05) is 24.3 Å². The van der Waals surface area contributed by atoms with E-state index in [1.54, 1.807) is 24.3 Å². The maximum atomic E-state index is 13.2. The van der Waals surface area contributed by atoms with Crippen molar-refractivity contribution in [1.29, 1.82) is 0 Å². The summed E-state index contributed by atoms with van der Waals surface area (Å²) in [6.07, 6.45) is 0.864. The van der Waals surface area contributed by atoms with Crippen molar-refractivity contribution in [3.63, 3.8) is 0 Å². The van der Waals surface area contributed by atoms with E-state index in [0.717, 1.165) is 0 Å². The monoisotopic (exact) mass is 528 g/mol. The van der Waals surface area contributed by atoms with Gasteiger partial charge in [-0.05, 0) is 54.7 Å². The fourth-order valence-corrected chi connectivity index (χ4v) is 4.28. The summed E-state index contributed by atoms with van der Waals surface area (Å²) in [5, 5.41) is 43.1. The minimum atomic E-state index is -1.34. The van der Waals surface area contributed by atoms with Crippen molar-refractivity contribution in [1.82, 2.24) is 15.5 Å². The highest BCUT2D eigenvalue weighted by Gasteiger charge is 2.39. The molecule has 0 saturated carbocycles. The molecule has 3 amide bonds. The van der Waals surface area contributed by atoms with Crippen molar-refractivity contribution >= 4 is 23.7 Å². The number of nitrogens with zero attached hydrogens (tertiary/aromatic N) is 1. The number of aromatic hydroxyl groups is 2. The van der Waals surface area contributed by atoms with Crippen LogP contribution in [0.1, 0.15) is 24.0 Å². The zero-order chi connectivity index (χ0) is 27.8. The summed E-state index contributed by atoms with van der Waals surface area (Å²) in [6.45, 7) is -0.529. The number of carboxylic acids is 1. The van der Waals surface area contributed by atoms with Crippen LogP contribution in [0.3, 0.4) is 0 Å². The van der Waals surface area contributed by atoms with Gasteiger partial charge in [0.05, 0.1) is 12.6 Å². The number of aliphatic hydroxyl groups is 1. The number of hydrogen-bond acceptors (Lipinski definition) is 8. The lowest BCUT2D eigenvalue weighted by Crippen LogP contribution is -2.58. The maximum absolute atomic E-state index is 13.2. The molecule has 0 bridgehead atoms. The van der Waals surface area contributed by atoms with E-state index in [-0.39, 0.29) is 37.3 Å². The van der Waals surface area contributed by atoms with Gasteiger partial charge in [0.25, 0.3) is 0 Å². The van der Waals surface area contributed by atoms with Crippen LogP contribution in [0.5, 0.6) is 11.5 Å². The smallest absolute Gasteiger partial charge is 0.326 e. The van der Waals surface area contributed by atoms with Crippen molar-refractivity contribution in [2.24, 2.45) is 5.73 Å². The van der Waals surface area contributed by atoms with Gasteiger partial charge < -0.3 is 41.7 Å². The standard InChI is InChI=1S/C26H32N4O8/c27-19(12-15-3-7-17(32)8-4-15)23(34)29-21(14-31)25(36)30-11-1-2-22(30)24(35)28-20(26(37)38)13-16-5-9-18(33)10-6-16/h3-10,19-22,31-33H,1-2,11-14,27H2,(H,28,35)(H,29,34)(H,37,38). The molecule has 2 aromatic rings. The molecule has 1 saturated heterocycles. The zero-order valence-corrected chi connectivity index (χ0v) is 20.6. The Morgan fingerprint density at radius 2 is 1.45 bits per heavy atom. The van der Waals surface area contributed by atoms with Crippen LogP contribution in [0.15, 0.2) is 48.5 Å². The van der Waals surface area contributed by atoms with Crippen molar-refractivity contribution in [2.45, 2.75) is 49.9 Å². The second-order valence-corrected chi connectivity index (χ2v) is 9.18. The first kappa shape index (κ1) is 28.4. The lowest BCUT2D eigenvalue weighted by Gasteiger charge is -2.29. The molecule has 1 heterocycles. The molecule has 0 spiro atoms. The van der Waals surface area contributed by atoms with Crippen molar-refractivity contribution in [3.8, 4) is 11.5 Å². The number of carbonyl (C=O) groups is 4. The molecule has 4 unspecified atom stereocenters. The van der Waals surface area contributed by atoms with Crippen LogP contribution >= 0.6 is 0 Å². The molecular weight excluding hydrogens is 496 g/mol. The number of likely N-dealkylation sites (tertiary alicyclic amines) is 1. The molecule has 1 aliphatic heterocycles. The van der Waals surface area contributed by atoms with Gasteiger partial charge in [-0.25, -0.2) is 4.79 Å². The Morgan fingerprint density at radius 3 is 1.97 bits per heavy atom. The highest BCUT2D eigenvalue weighted by molar-refractivity contribution is 5.94. The van der Waals surface area contributed by atoms with Crippen LogP contribution in [0.4, 0.5) is 0 Å². The van der Waals surface area contributed by atoms with Crippen LogP contribution in [-0.2, 0) is 32.0 Å². The fraction of sp³-hybridized carbons (Fsp3) is 0.385. The normalized spacial score (nSPS) is 17.3. The Hall–Kier alpha value is -4.16. The Morgan fingerprint density at radius 1 is 0.895 bits per heavy atom. The van der Waals surface area contributed by atoms with Gasteiger partial charge in [-0.2, -0.15) is 0 Å². The number of nitrogens with two attached hydrogens (primary N) is 1. The van der Waals surface area contributed by atoms with Gasteiger partial charge in [0.1, 0.15) is 29.6 Å².